The summed E-state index contributed by atoms with van der Waals surface area (Å²) in [7, 11) is -0.895. The molecule has 4 nitrogen and oxygen atoms in total. The standard InChI is InChI=1S/C15H21BF3NO3/c1-6-7-21-12-9-10(8-11(20-12)15(17,18)19)16-22-13(2,3)14(4,5)23-16/h8-9H,6-7H2,1-5H3. The summed E-state index contributed by atoms with van der Waals surface area (Å²) in [5.41, 5.74) is -2.04. The van der Waals surface area contributed by atoms with Crippen LogP contribution in [0, 0.1) is 0 Å². The molecule has 0 bridgehead atoms. The number of hydrogen-bond donors (Lipinski definition) is 0. The van der Waals surface area contributed by atoms with Crippen LogP contribution in [0.15, 0.2) is 12.1 Å². The molecule has 2 rings (SSSR count). The van der Waals surface area contributed by atoms with Crippen LogP contribution >= 0.6 is 0 Å². The molecule has 1 aromatic heterocycles. The van der Waals surface area contributed by atoms with Crippen molar-refractivity contribution < 1.29 is 27.2 Å². The molecule has 0 aromatic carbocycles. The highest BCUT2D eigenvalue weighted by atomic mass is 19.4. The van der Waals surface area contributed by atoms with Crippen molar-refractivity contribution >= 4 is 12.6 Å². The molecule has 0 N–H and O–H groups in total. The second kappa shape index (κ2) is 5.98. The van der Waals surface area contributed by atoms with E-state index < -0.39 is 30.2 Å². The Morgan fingerprint density at radius 2 is 1.70 bits per heavy atom. The topological polar surface area (TPSA) is 40.6 Å². The van der Waals surface area contributed by atoms with Crippen LogP contribution in [0.25, 0.3) is 0 Å². The molecule has 0 spiro atoms. The number of hydrogen-bond acceptors (Lipinski definition) is 4. The smallest absolute Gasteiger partial charge is 0.478 e. The third kappa shape index (κ3) is 3.80. The third-order valence-electron chi connectivity index (χ3n) is 4.09. The van der Waals surface area contributed by atoms with E-state index in [9.17, 15) is 13.2 Å². The van der Waals surface area contributed by atoms with Gasteiger partial charge >= 0.3 is 13.3 Å². The number of rotatable bonds is 4. The molecular weight excluding hydrogens is 310 g/mol. The van der Waals surface area contributed by atoms with Crippen LogP contribution in [0.4, 0.5) is 13.2 Å². The molecule has 1 fully saturated rings. The molecule has 23 heavy (non-hydrogen) atoms. The monoisotopic (exact) mass is 331 g/mol. The van der Waals surface area contributed by atoms with Gasteiger partial charge in [-0.15, -0.1) is 0 Å². The number of pyridine rings is 1. The van der Waals surface area contributed by atoms with Crippen molar-refractivity contribution in [2.75, 3.05) is 6.61 Å². The second-order valence-corrected chi connectivity index (χ2v) is 6.56. The highest BCUT2D eigenvalue weighted by molar-refractivity contribution is 6.62. The van der Waals surface area contributed by atoms with Crippen LogP contribution in [0.3, 0.4) is 0 Å². The minimum atomic E-state index is -4.57. The molecule has 1 aliphatic rings. The quantitative estimate of drug-likeness (QED) is 0.795. The van der Waals surface area contributed by atoms with Gasteiger partial charge in [0.25, 0.3) is 0 Å². The van der Waals surface area contributed by atoms with Gasteiger partial charge in [0.2, 0.25) is 5.88 Å². The van der Waals surface area contributed by atoms with Gasteiger partial charge in [-0.25, -0.2) is 4.98 Å². The first-order valence-corrected chi connectivity index (χ1v) is 7.54. The minimum absolute atomic E-state index is 0.0774. The zero-order valence-corrected chi connectivity index (χ0v) is 14.0. The average Bonchev–Trinajstić information content (AvgIpc) is 2.64. The summed E-state index contributed by atoms with van der Waals surface area (Å²) < 4.78 is 56.1. The van der Waals surface area contributed by atoms with Crippen molar-refractivity contribution in [2.24, 2.45) is 0 Å². The van der Waals surface area contributed by atoms with Gasteiger partial charge in [-0.05, 0) is 45.6 Å². The first-order chi connectivity index (χ1) is 10.5. The molecule has 0 aliphatic carbocycles. The van der Waals surface area contributed by atoms with Gasteiger partial charge in [-0.2, -0.15) is 13.2 Å². The van der Waals surface area contributed by atoms with E-state index in [1.165, 1.54) is 6.07 Å². The summed E-state index contributed by atoms with van der Waals surface area (Å²) in [6.07, 6.45) is -3.90. The highest BCUT2D eigenvalue weighted by Gasteiger charge is 2.52. The van der Waals surface area contributed by atoms with Crippen LogP contribution in [-0.2, 0) is 15.5 Å². The molecule has 0 amide bonds. The Morgan fingerprint density at radius 1 is 1.13 bits per heavy atom. The molecule has 0 unspecified atom stereocenters. The number of halogens is 3. The van der Waals surface area contributed by atoms with E-state index in [1.807, 2.05) is 34.6 Å². The van der Waals surface area contributed by atoms with E-state index in [1.54, 1.807) is 0 Å². The SMILES string of the molecule is CCCOc1cc(B2OC(C)(C)C(C)(C)O2)cc(C(F)(F)F)n1. The first kappa shape index (κ1) is 18.1. The summed E-state index contributed by atoms with van der Waals surface area (Å²) in [5.74, 6) is -0.0774. The van der Waals surface area contributed by atoms with Gasteiger partial charge in [0, 0.05) is 6.07 Å². The van der Waals surface area contributed by atoms with Crippen molar-refractivity contribution in [1.29, 1.82) is 0 Å². The Balaban J connectivity index is 2.38. The van der Waals surface area contributed by atoms with E-state index in [4.69, 9.17) is 14.0 Å². The van der Waals surface area contributed by atoms with Gasteiger partial charge in [0.05, 0.1) is 17.8 Å². The van der Waals surface area contributed by atoms with Crippen LogP contribution in [0.2, 0.25) is 0 Å². The maximum Gasteiger partial charge on any atom is 0.495 e. The van der Waals surface area contributed by atoms with E-state index >= 15 is 0 Å². The van der Waals surface area contributed by atoms with Gasteiger partial charge < -0.3 is 14.0 Å². The number of ether oxygens (including phenoxy) is 1. The van der Waals surface area contributed by atoms with Crippen molar-refractivity contribution in [3.05, 3.63) is 17.8 Å². The Kier molecular flexibility index (Phi) is 4.70. The molecule has 128 valence electrons. The zero-order chi connectivity index (χ0) is 17.5. The predicted octanol–water partition coefficient (Wildman–Crippen LogP) is 3.19. The van der Waals surface area contributed by atoms with Crippen molar-refractivity contribution in [1.82, 2.24) is 4.98 Å². The largest absolute Gasteiger partial charge is 0.495 e. The summed E-state index contributed by atoms with van der Waals surface area (Å²) >= 11 is 0. The van der Waals surface area contributed by atoms with Crippen LogP contribution in [0.1, 0.15) is 46.7 Å². The van der Waals surface area contributed by atoms with E-state index in [2.05, 4.69) is 4.98 Å². The molecule has 0 atom stereocenters. The highest BCUT2D eigenvalue weighted by Crippen LogP contribution is 2.37. The number of aromatic nitrogens is 1. The third-order valence-corrected chi connectivity index (χ3v) is 4.09. The molecule has 1 saturated heterocycles. The first-order valence-electron chi connectivity index (χ1n) is 7.54. The fourth-order valence-corrected chi connectivity index (χ4v) is 2.07. The zero-order valence-electron chi connectivity index (χ0n) is 14.0. The van der Waals surface area contributed by atoms with Crippen LogP contribution in [-0.4, -0.2) is 29.9 Å². The Labute approximate surface area is 134 Å². The van der Waals surface area contributed by atoms with Crippen molar-refractivity contribution in [3.8, 4) is 5.88 Å². The molecular formula is C15H21BF3NO3. The fourth-order valence-electron chi connectivity index (χ4n) is 2.07. The molecule has 1 aliphatic heterocycles. The second-order valence-electron chi connectivity index (χ2n) is 6.56. The predicted molar refractivity (Wildman–Crippen MR) is 80.7 cm³/mol. The van der Waals surface area contributed by atoms with Crippen molar-refractivity contribution in [3.63, 3.8) is 0 Å². The van der Waals surface area contributed by atoms with Gasteiger partial charge in [0.1, 0.15) is 5.69 Å². The van der Waals surface area contributed by atoms with Gasteiger partial charge in [0.15, 0.2) is 0 Å². The lowest BCUT2D eigenvalue weighted by molar-refractivity contribution is -0.141. The van der Waals surface area contributed by atoms with E-state index in [0.29, 0.717) is 6.42 Å². The van der Waals surface area contributed by atoms with E-state index in [-0.39, 0.29) is 17.9 Å². The lowest BCUT2D eigenvalue weighted by Crippen LogP contribution is -2.41. The summed E-state index contributed by atoms with van der Waals surface area (Å²) in [5, 5.41) is 0. The molecule has 8 heteroatoms. The molecule has 2 heterocycles. The van der Waals surface area contributed by atoms with Crippen molar-refractivity contribution in [2.45, 2.75) is 58.4 Å². The van der Waals surface area contributed by atoms with Crippen LogP contribution < -0.4 is 10.2 Å². The Hall–Kier alpha value is -1.28. The average molecular weight is 331 g/mol. The number of nitrogens with zero attached hydrogens (tertiary/aromatic N) is 1. The van der Waals surface area contributed by atoms with Gasteiger partial charge in [-0.3, -0.25) is 0 Å². The fraction of sp³-hybridized carbons (Fsp3) is 0.667. The lowest BCUT2D eigenvalue weighted by atomic mass is 9.79. The lowest BCUT2D eigenvalue weighted by Gasteiger charge is -2.32. The summed E-state index contributed by atoms with van der Waals surface area (Å²) in [4.78, 5) is 3.53. The maximum absolute atomic E-state index is 13.1. The normalized spacial score (nSPS) is 19.9. The van der Waals surface area contributed by atoms with E-state index in [0.717, 1.165) is 6.07 Å². The number of alkyl halides is 3. The Morgan fingerprint density at radius 3 is 2.17 bits per heavy atom. The molecule has 0 radical (unpaired) electrons. The van der Waals surface area contributed by atoms with Gasteiger partial charge in [-0.1, -0.05) is 6.92 Å². The summed E-state index contributed by atoms with van der Waals surface area (Å²) in [6.45, 7) is 9.52. The Bertz CT molecular complexity index is 560. The molecule has 0 saturated carbocycles. The summed E-state index contributed by atoms with van der Waals surface area (Å²) in [6, 6.07) is 2.38. The molecule has 1 aromatic rings. The minimum Gasteiger partial charge on any atom is -0.478 e. The van der Waals surface area contributed by atoms with Crippen LogP contribution in [0.5, 0.6) is 5.88 Å². The maximum atomic E-state index is 13.1.